The van der Waals surface area contributed by atoms with Crippen LogP contribution in [0.1, 0.15) is 31.9 Å². The fraction of sp³-hybridized carbons (Fsp3) is 0.417. The summed E-state index contributed by atoms with van der Waals surface area (Å²) < 4.78 is 3.31. The molecule has 16 heavy (non-hydrogen) atoms. The first-order valence-corrected chi connectivity index (χ1v) is 7.37. The van der Waals surface area contributed by atoms with E-state index in [1.54, 1.807) is 11.3 Å². The van der Waals surface area contributed by atoms with Gasteiger partial charge in [0.25, 0.3) is 0 Å². The molecule has 2 rings (SSSR count). The van der Waals surface area contributed by atoms with Crippen LogP contribution in [0.5, 0.6) is 0 Å². The molecule has 0 amide bonds. The molecule has 2 aromatic heterocycles. The quantitative estimate of drug-likeness (QED) is 0.749. The van der Waals surface area contributed by atoms with Crippen LogP contribution in [-0.4, -0.2) is 9.78 Å². The second kappa shape index (κ2) is 4.87. The van der Waals surface area contributed by atoms with Crippen LogP contribution >= 0.6 is 33.9 Å². The molecule has 0 spiro atoms. The fourth-order valence-corrected chi connectivity index (χ4v) is 3.27. The summed E-state index contributed by atoms with van der Waals surface area (Å²) in [7, 11) is 0. The number of rotatable bonds is 3. The van der Waals surface area contributed by atoms with E-state index < -0.39 is 0 Å². The van der Waals surface area contributed by atoms with Crippen LogP contribution in [0, 0.1) is 10.5 Å². The van der Waals surface area contributed by atoms with Gasteiger partial charge in [0, 0.05) is 12.2 Å². The molecule has 0 aliphatic carbocycles. The van der Waals surface area contributed by atoms with Gasteiger partial charge in [0.1, 0.15) is 5.69 Å². The molecule has 1 unspecified atom stereocenters. The van der Waals surface area contributed by atoms with Crippen molar-refractivity contribution in [2.75, 3.05) is 0 Å². The molecule has 4 heteroatoms. The van der Waals surface area contributed by atoms with E-state index in [1.165, 1.54) is 14.0 Å². The standard InChI is InChI=1S/C12H15IN2S/c1-4-9(3)15-6-10(13)12(14-15)11-5-8(2)7-16-11/h5-7,9H,4H2,1-3H3. The third kappa shape index (κ3) is 2.32. The zero-order valence-electron chi connectivity index (χ0n) is 9.70. The van der Waals surface area contributed by atoms with Crippen molar-refractivity contribution in [2.45, 2.75) is 33.2 Å². The van der Waals surface area contributed by atoms with Gasteiger partial charge < -0.3 is 0 Å². The predicted molar refractivity (Wildman–Crippen MR) is 78.0 cm³/mol. The third-order valence-corrected chi connectivity index (χ3v) is 4.54. The van der Waals surface area contributed by atoms with Crippen molar-refractivity contribution in [3.8, 4) is 10.6 Å². The number of halogens is 1. The third-order valence-electron chi connectivity index (χ3n) is 2.69. The monoisotopic (exact) mass is 346 g/mol. The maximum Gasteiger partial charge on any atom is 0.116 e. The topological polar surface area (TPSA) is 17.8 Å². The van der Waals surface area contributed by atoms with Gasteiger partial charge in [0.2, 0.25) is 0 Å². The number of aryl methyl sites for hydroxylation is 1. The Morgan fingerprint density at radius 3 is 2.88 bits per heavy atom. The Balaban J connectivity index is 2.39. The van der Waals surface area contributed by atoms with E-state index in [-0.39, 0.29) is 0 Å². The Labute approximate surface area is 114 Å². The largest absolute Gasteiger partial charge is 0.268 e. The molecule has 0 N–H and O–H groups in total. The van der Waals surface area contributed by atoms with Gasteiger partial charge in [-0.05, 0) is 59.9 Å². The molecule has 0 bridgehead atoms. The summed E-state index contributed by atoms with van der Waals surface area (Å²) in [5.74, 6) is 0. The first kappa shape index (κ1) is 12.1. The Hall–Kier alpha value is -0.360. The Morgan fingerprint density at radius 2 is 2.31 bits per heavy atom. The summed E-state index contributed by atoms with van der Waals surface area (Å²) in [6.07, 6.45) is 3.25. The molecule has 2 nitrogen and oxygen atoms in total. The van der Waals surface area contributed by atoms with Crippen LogP contribution in [0.3, 0.4) is 0 Å². The molecule has 0 aliphatic rings. The highest BCUT2D eigenvalue weighted by atomic mass is 127. The molecule has 0 aliphatic heterocycles. The van der Waals surface area contributed by atoms with Gasteiger partial charge in [-0.1, -0.05) is 6.92 Å². The average Bonchev–Trinajstić information content (AvgIpc) is 2.83. The molecule has 0 saturated heterocycles. The van der Waals surface area contributed by atoms with Crippen molar-refractivity contribution < 1.29 is 0 Å². The summed E-state index contributed by atoms with van der Waals surface area (Å²) in [6, 6.07) is 2.68. The van der Waals surface area contributed by atoms with E-state index in [0.29, 0.717) is 6.04 Å². The fourth-order valence-electron chi connectivity index (χ4n) is 1.50. The van der Waals surface area contributed by atoms with E-state index in [1.807, 2.05) is 0 Å². The summed E-state index contributed by atoms with van der Waals surface area (Å²) in [5.41, 5.74) is 2.44. The minimum absolute atomic E-state index is 0.475. The SMILES string of the molecule is CCC(C)n1cc(I)c(-c2cc(C)cs2)n1. The summed E-state index contributed by atoms with van der Waals surface area (Å²) in [4.78, 5) is 1.27. The van der Waals surface area contributed by atoms with Gasteiger partial charge in [0.15, 0.2) is 0 Å². The van der Waals surface area contributed by atoms with Gasteiger partial charge in [-0.25, -0.2) is 0 Å². The Morgan fingerprint density at radius 1 is 1.56 bits per heavy atom. The minimum Gasteiger partial charge on any atom is -0.268 e. The van der Waals surface area contributed by atoms with Gasteiger partial charge in [-0.3, -0.25) is 4.68 Å². The zero-order chi connectivity index (χ0) is 11.7. The summed E-state index contributed by atoms with van der Waals surface area (Å²) in [6.45, 7) is 6.51. The molecule has 0 saturated carbocycles. The maximum atomic E-state index is 4.68. The first-order valence-electron chi connectivity index (χ1n) is 5.42. The maximum absolute atomic E-state index is 4.68. The number of aromatic nitrogens is 2. The van der Waals surface area contributed by atoms with E-state index >= 15 is 0 Å². The molecule has 2 aromatic rings. The van der Waals surface area contributed by atoms with Crippen molar-refractivity contribution >= 4 is 33.9 Å². The highest BCUT2D eigenvalue weighted by Crippen LogP contribution is 2.30. The van der Waals surface area contributed by atoms with Gasteiger partial charge in [-0.2, -0.15) is 5.10 Å². The lowest BCUT2D eigenvalue weighted by molar-refractivity contribution is 0.479. The normalized spacial score (nSPS) is 13.0. The number of hydrogen-bond donors (Lipinski definition) is 0. The van der Waals surface area contributed by atoms with Crippen molar-refractivity contribution in [2.24, 2.45) is 0 Å². The summed E-state index contributed by atoms with van der Waals surface area (Å²) in [5, 5.41) is 6.86. The van der Waals surface area contributed by atoms with Gasteiger partial charge in [0.05, 0.1) is 8.45 Å². The van der Waals surface area contributed by atoms with Crippen molar-refractivity contribution in [3.05, 3.63) is 26.8 Å². The van der Waals surface area contributed by atoms with E-state index in [2.05, 4.69) is 70.8 Å². The number of hydrogen-bond acceptors (Lipinski definition) is 2. The van der Waals surface area contributed by atoms with E-state index in [4.69, 9.17) is 0 Å². The molecular weight excluding hydrogens is 331 g/mol. The predicted octanol–water partition coefficient (Wildman–Crippen LogP) is 4.50. The lowest BCUT2D eigenvalue weighted by Crippen LogP contribution is -2.03. The molecule has 0 radical (unpaired) electrons. The van der Waals surface area contributed by atoms with Crippen LogP contribution in [0.15, 0.2) is 17.6 Å². The van der Waals surface area contributed by atoms with Crippen LogP contribution in [-0.2, 0) is 0 Å². The second-order valence-corrected chi connectivity index (χ2v) is 6.12. The number of thiophene rings is 1. The smallest absolute Gasteiger partial charge is 0.116 e. The zero-order valence-corrected chi connectivity index (χ0v) is 12.7. The second-order valence-electron chi connectivity index (χ2n) is 4.05. The van der Waals surface area contributed by atoms with Crippen LogP contribution < -0.4 is 0 Å². The molecule has 2 heterocycles. The lowest BCUT2D eigenvalue weighted by Gasteiger charge is -2.07. The summed E-state index contributed by atoms with van der Waals surface area (Å²) >= 11 is 4.14. The van der Waals surface area contributed by atoms with Crippen LogP contribution in [0.4, 0.5) is 0 Å². The highest BCUT2D eigenvalue weighted by molar-refractivity contribution is 14.1. The molecule has 86 valence electrons. The van der Waals surface area contributed by atoms with Crippen molar-refractivity contribution in [1.29, 1.82) is 0 Å². The molecule has 0 fully saturated rings. The van der Waals surface area contributed by atoms with E-state index in [9.17, 15) is 0 Å². The first-order chi connectivity index (χ1) is 7.61. The van der Waals surface area contributed by atoms with Crippen LogP contribution in [0.25, 0.3) is 10.6 Å². The molecule has 1 atom stereocenters. The van der Waals surface area contributed by atoms with Crippen LogP contribution in [0.2, 0.25) is 0 Å². The lowest BCUT2D eigenvalue weighted by atomic mass is 10.3. The minimum atomic E-state index is 0.475. The molecular formula is C12H15IN2S. The highest BCUT2D eigenvalue weighted by Gasteiger charge is 2.12. The molecule has 0 aromatic carbocycles. The van der Waals surface area contributed by atoms with E-state index in [0.717, 1.165) is 12.1 Å². The Bertz CT molecular complexity index is 487. The van der Waals surface area contributed by atoms with Gasteiger partial charge in [-0.15, -0.1) is 11.3 Å². The van der Waals surface area contributed by atoms with Crippen molar-refractivity contribution in [1.82, 2.24) is 9.78 Å². The average molecular weight is 346 g/mol. The van der Waals surface area contributed by atoms with Crippen molar-refractivity contribution in [3.63, 3.8) is 0 Å². The van der Waals surface area contributed by atoms with Gasteiger partial charge >= 0.3 is 0 Å². The number of nitrogens with zero attached hydrogens (tertiary/aromatic N) is 2. The Kier molecular flexibility index (Phi) is 3.69.